The fourth-order valence-corrected chi connectivity index (χ4v) is 1.10. The summed E-state index contributed by atoms with van der Waals surface area (Å²) in [6.45, 7) is 15.0. The van der Waals surface area contributed by atoms with Gasteiger partial charge in [-0.2, -0.15) is 0 Å². The summed E-state index contributed by atoms with van der Waals surface area (Å²) in [7, 11) is 0. The highest BCUT2D eigenvalue weighted by Gasteiger charge is 2.09. The summed E-state index contributed by atoms with van der Waals surface area (Å²) in [6.07, 6.45) is 0. The van der Waals surface area contributed by atoms with Gasteiger partial charge in [-0.15, -0.1) is 0 Å². The smallest absolute Gasteiger partial charge is 0.000923 e. The van der Waals surface area contributed by atoms with Gasteiger partial charge < -0.3 is 4.90 Å². The number of hydrogen-bond acceptors (Lipinski definition) is 1. The summed E-state index contributed by atoms with van der Waals surface area (Å²) in [6, 6.07) is 0. The molecule has 0 saturated carbocycles. The summed E-state index contributed by atoms with van der Waals surface area (Å²) < 4.78 is 0. The van der Waals surface area contributed by atoms with Gasteiger partial charge in [-0.25, -0.2) is 0 Å². The highest BCUT2D eigenvalue weighted by Crippen LogP contribution is 2.10. The van der Waals surface area contributed by atoms with Crippen molar-refractivity contribution < 1.29 is 0 Å². The van der Waals surface area contributed by atoms with Crippen molar-refractivity contribution in [3.05, 3.63) is 0 Å². The Bertz CT molecular complexity index is 84.9. The number of hydrogen-bond donors (Lipinski definition) is 0. The summed E-state index contributed by atoms with van der Waals surface area (Å²) in [5.74, 6) is 1.64. The Morgan fingerprint density at radius 1 is 1.00 bits per heavy atom. The van der Waals surface area contributed by atoms with Crippen molar-refractivity contribution in [1.82, 2.24) is 4.90 Å². The highest BCUT2D eigenvalue weighted by atomic mass is 15.1. The van der Waals surface area contributed by atoms with Crippen molar-refractivity contribution in [3.63, 3.8) is 0 Å². The van der Waals surface area contributed by atoms with Crippen LogP contribution in [0.5, 0.6) is 0 Å². The van der Waals surface area contributed by atoms with Crippen LogP contribution in [-0.4, -0.2) is 24.5 Å². The van der Waals surface area contributed by atoms with E-state index in [1.807, 2.05) is 0 Å². The van der Waals surface area contributed by atoms with Gasteiger partial charge in [0.1, 0.15) is 0 Å². The van der Waals surface area contributed by atoms with Gasteiger partial charge >= 0.3 is 0 Å². The van der Waals surface area contributed by atoms with Gasteiger partial charge in [-0.3, -0.25) is 0 Å². The Morgan fingerprint density at radius 3 is 1.73 bits per heavy atom. The minimum atomic E-state index is 0.815. The molecule has 0 heterocycles. The second-order valence-corrected chi connectivity index (χ2v) is 3.71. The lowest BCUT2D eigenvalue weighted by molar-refractivity contribution is 0.229. The average molecular weight is 157 g/mol. The predicted molar refractivity (Wildman–Crippen MR) is 51.8 cm³/mol. The van der Waals surface area contributed by atoms with E-state index in [1.165, 1.54) is 19.6 Å². The fourth-order valence-electron chi connectivity index (χ4n) is 1.10. The first-order valence-electron chi connectivity index (χ1n) is 4.84. The van der Waals surface area contributed by atoms with Crippen LogP contribution >= 0.6 is 0 Å². The lowest BCUT2D eigenvalue weighted by Crippen LogP contribution is -2.30. The van der Waals surface area contributed by atoms with E-state index < -0.39 is 0 Å². The van der Waals surface area contributed by atoms with Crippen LogP contribution in [0.15, 0.2) is 0 Å². The first kappa shape index (κ1) is 11.0. The summed E-state index contributed by atoms with van der Waals surface area (Å²) >= 11 is 0. The minimum Gasteiger partial charge on any atom is -0.304 e. The molecule has 0 spiro atoms. The van der Waals surface area contributed by atoms with Crippen molar-refractivity contribution in [2.24, 2.45) is 11.8 Å². The van der Waals surface area contributed by atoms with Crippen LogP contribution < -0.4 is 0 Å². The SMILES string of the molecule is CCN(CC)CC(C)C(C)C. The maximum Gasteiger partial charge on any atom is 0.000923 e. The van der Waals surface area contributed by atoms with Gasteiger partial charge in [0.15, 0.2) is 0 Å². The monoisotopic (exact) mass is 157 g/mol. The quantitative estimate of drug-likeness (QED) is 0.593. The molecule has 0 N–H and O–H groups in total. The van der Waals surface area contributed by atoms with E-state index in [2.05, 4.69) is 39.5 Å². The Morgan fingerprint density at radius 2 is 1.45 bits per heavy atom. The molecule has 11 heavy (non-hydrogen) atoms. The van der Waals surface area contributed by atoms with Crippen LogP contribution in [0.4, 0.5) is 0 Å². The maximum absolute atomic E-state index is 2.49. The fraction of sp³-hybridized carbons (Fsp3) is 1.00. The van der Waals surface area contributed by atoms with Crippen molar-refractivity contribution in [2.45, 2.75) is 34.6 Å². The maximum atomic E-state index is 2.49. The summed E-state index contributed by atoms with van der Waals surface area (Å²) in [4.78, 5) is 2.49. The zero-order valence-corrected chi connectivity index (χ0v) is 8.72. The van der Waals surface area contributed by atoms with Crippen LogP contribution in [0, 0.1) is 11.8 Å². The lowest BCUT2D eigenvalue weighted by Gasteiger charge is -2.24. The van der Waals surface area contributed by atoms with Crippen molar-refractivity contribution in [1.29, 1.82) is 0 Å². The molecule has 0 amide bonds. The average Bonchev–Trinajstić information content (AvgIpc) is 1.99. The normalized spacial score (nSPS) is 14.5. The van der Waals surface area contributed by atoms with Crippen molar-refractivity contribution >= 4 is 0 Å². The van der Waals surface area contributed by atoms with E-state index in [4.69, 9.17) is 0 Å². The first-order valence-corrected chi connectivity index (χ1v) is 4.84. The third-order valence-electron chi connectivity index (χ3n) is 2.58. The van der Waals surface area contributed by atoms with Gasteiger partial charge in [0.05, 0.1) is 0 Å². The second kappa shape index (κ2) is 5.59. The molecule has 0 aromatic heterocycles. The molecule has 0 rings (SSSR count). The van der Waals surface area contributed by atoms with Crippen LogP contribution in [0.2, 0.25) is 0 Å². The Labute approximate surface area is 71.8 Å². The van der Waals surface area contributed by atoms with E-state index in [9.17, 15) is 0 Å². The molecular formula is C10H23N. The third kappa shape index (κ3) is 4.41. The highest BCUT2D eigenvalue weighted by molar-refractivity contribution is 4.62. The molecule has 68 valence electrons. The molecule has 0 radical (unpaired) electrons. The molecule has 1 atom stereocenters. The molecule has 0 aromatic carbocycles. The zero-order valence-electron chi connectivity index (χ0n) is 8.72. The summed E-state index contributed by atoms with van der Waals surface area (Å²) in [5.41, 5.74) is 0. The van der Waals surface area contributed by atoms with Crippen molar-refractivity contribution in [2.75, 3.05) is 19.6 Å². The number of nitrogens with zero attached hydrogens (tertiary/aromatic N) is 1. The molecule has 0 fully saturated rings. The molecule has 1 heteroatoms. The Balaban J connectivity index is 3.62. The number of rotatable bonds is 5. The van der Waals surface area contributed by atoms with E-state index in [1.54, 1.807) is 0 Å². The first-order chi connectivity index (χ1) is 5.11. The molecular weight excluding hydrogens is 134 g/mol. The Kier molecular flexibility index (Phi) is 5.57. The zero-order chi connectivity index (χ0) is 8.85. The van der Waals surface area contributed by atoms with E-state index in [0.717, 1.165) is 11.8 Å². The van der Waals surface area contributed by atoms with E-state index in [0.29, 0.717) is 0 Å². The van der Waals surface area contributed by atoms with Gasteiger partial charge in [-0.1, -0.05) is 34.6 Å². The third-order valence-corrected chi connectivity index (χ3v) is 2.58. The van der Waals surface area contributed by atoms with Crippen LogP contribution in [0.25, 0.3) is 0 Å². The predicted octanol–water partition coefficient (Wildman–Crippen LogP) is 2.62. The van der Waals surface area contributed by atoms with Crippen LogP contribution in [0.3, 0.4) is 0 Å². The summed E-state index contributed by atoms with van der Waals surface area (Å²) in [5, 5.41) is 0. The second-order valence-electron chi connectivity index (χ2n) is 3.71. The molecule has 0 saturated heterocycles. The van der Waals surface area contributed by atoms with Gasteiger partial charge in [0.2, 0.25) is 0 Å². The minimum absolute atomic E-state index is 0.815. The van der Waals surface area contributed by atoms with Gasteiger partial charge in [0, 0.05) is 6.54 Å². The van der Waals surface area contributed by atoms with E-state index >= 15 is 0 Å². The molecule has 1 unspecified atom stereocenters. The van der Waals surface area contributed by atoms with Crippen LogP contribution in [0.1, 0.15) is 34.6 Å². The van der Waals surface area contributed by atoms with Gasteiger partial charge in [0.25, 0.3) is 0 Å². The molecule has 0 aromatic rings. The Hall–Kier alpha value is -0.0400. The van der Waals surface area contributed by atoms with E-state index in [-0.39, 0.29) is 0 Å². The van der Waals surface area contributed by atoms with Crippen LogP contribution in [-0.2, 0) is 0 Å². The molecule has 0 aliphatic carbocycles. The standard InChI is InChI=1S/C10H23N/c1-6-11(7-2)8-10(5)9(3)4/h9-10H,6-8H2,1-5H3. The van der Waals surface area contributed by atoms with Crippen molar-refractivity contribution in [3.8, 4) is 0 Å². The van der Waals surface area contributed by atoms with Gasteiger partial charge in [-0.05, 0) is 24.9 Å². The topological polar surface area (TPSA) is 3.24 Å². The molecule has 0 bridgehead atoms. The molecule has 0 aliphatic heterocycles. The molecule has 1 nitrogen and oxygen atoms in total. The lowest BCUT2D eigenvalue weighted by atomic mass is 9.98. The molecule has 0 aliphatic rings. The largest absolute Gasteiger partial charge is 0.304 e.